The molecule has 3 aromatic carbocycles. The van der Waals surface area contributed by atoms with Crippen LogP contribution in [-0.4, -0.2) is 67.8 Å². The van der Waals surface area contributed by atoms with Crippen molar-refractivity contribution in [2.45, 2.75) is 30.3 Å². The molecule has 248 valence electrons. The smallest absolute Gasteiger partial charge is 0.379 e. The summed E-state index contributed by atoms with van der Waals surface area (Å²) < 4.78 is 85.8. The number of pyridine rings is 1. The highest BCUT2D eigenvalue weighted by atomic mass is 19.4. The summed E-state index contributed by atoms with van der Waals surface area (Å²) in [7, 11) is 0. The molecule has 15 heteroatoms. The normalized spacial score (nSPS) is 18.8. The molecular weight excluding hydrogens is 640 g/mol. The van der Waals surface area contributed by atoms with Crippen molar-refractivity contribution in [1.29, 1.82) is 0 Å². The first-order chi connectivity index (χ1) is 22.8. The van der Waals surface area contributed by atoms with E-state index in [0.717, 1.165) is 39.8 Å². The fourth-order valence-corrected chi connectivity index (χ4v) is 6.23. The number of rotatable bonds is 6. The number of hydrogen-bond acceptors (Lipinski definition) is 8. The van der Waals surface area contributed by atoms with Gasteiger partial charge in [-0.2, -0.15) is 22.0 Å². The number of tetrazole rings is 1. The Balaban J connectivity index is 1.03. The SMILES string of the molecule is OC(c1ccc(N2CCN(c3ccc(-c4ccc(C(F)(F)C5(O)Cn6nnnc6-c6ccc(F)cc65)nc4)cc3)CC2)cc1)C(F)(F)F. The molecular formula is C33H27F6N7O2. The van der Waals surface area contributed by atoms with Crippen LogP contribution >= 0.6 is 0 Å². The van der Waals surface area contributed by atoms with E-state index in [-0.39, 0.29) is 22.5 Å². The number of alkyl halides is 5. The monoisotopic (exact) mass is 667 g/mol. The summed E-state index contributed by atoms with van der Waals surface area (Å²) in [6.45, 7) is 1.84. The number of aliphatic hydroxyl groups is 2. The number of piperazine rings is 1. The van der Waals surface area contributed by atoms with Crippen molar-refractivity contribution in [3.05, 3.63) is 108 Å². The molecule has 0 bridgehead atoms. The minimum absolute atomic E-state index is 0.0900. The van der Waals surface area contributed by atoms with Gasteiger partial charge in [0.2, 0.25) is 0 Å². The molecule has 0 aliphatic carbocycles. The molecule has 9 nitrogen and oxygen atoms in total. The third kappa shape index (κ3) is 5.42. The lowest BCUT2D eigenvalue weighted by Gasteiger charge is -2.39. The quantitative estimate of drug-likeness (QED) is 0.231. The Morgan fingerprint density at radius 1 is 0.771 bits per heavy atom. The molecule has 4 heterocycles. The standard InChI is InChI=1S/C33H27F6N7O2/c34-23-6-11-26-27(17-23)31(48,19-46-30(26)41-42-43-46)32(35,36)28-12-5-22(18-40-28)20-1-7-24(8-2-20)44-13-15-45(16-14-44)25-9-3-21(4-10-25)29(47)33(37,38)39/h1-12,17-18,29,47-48H,13-16,19H2. The molecule has 0 saturated carbocycles. The molecule has 1 fully saturated rings. The number of aliphatic hydroxyl groups excluding tert-OH is 1. The van der Waals surface area contributed by atoms with Crippen molar-refractivity contribution in [2.24, 2.45) is 0 Å². The van der Waals surface area contributed by atoms with E-state index in [9.17, 15) is 27.8 Å². The van der Waals surface area contributed by atoms with Crippen LogP contribution in [0.5, 0.6) is 0 Å². The molecule has 0 amide bonds. The Hall–Kier alpha value is -5.02. The van der Waals surface area contributed by atoms with E-state index < -0.39 is 41.9 Å². The van der Waals surface area contributed by atoms with Gasteiger partial charge in [-0.05, 0) is 70.1 Å². The molecule has 48 heavy (non-hydrogen) atoms. The third-order valence-corrected chi connectivity index (χ3v) is 8.91. The molecule has 1 saturated heterocycles. The Morgan fingerprint density at radius 3 is 1.96 bits per heavy atom. The van der Waals surface area contributed by atoms with Crippen LogP contribution in [0.25, 0.3) is 22.5 Å². The second-order valence-corrected chi connectivity index (χ2v) is 11.8. The number of benzene rings is 3. The van der Waals surface area contributed by atoms with E-state index in [2.05, 4.69) is 30.3 Å². The Morgan fingerprint density at radius 2 is 1.38 bits per heavy atom. The first-order valence-corrected chi connectivity index (χ1v) is 14.9. The van der Waals surface area contributed by atoms with Crippen LogP contribution in [-0.2, 0) is 18.1 Å². The zero-order valence-electron chi connectivity index (χ0n) is 25.0. The molecule has 2 aromatic heterocycles. The Labute approximate surface area is 269 Å². The van der Waals surface area contributed by atoms with Crippen molar-refractivity contribution in [1.82, 2.24) is 25.2 Å². The highest BCUT2D eigenvalue weighted by Crippen LogP contribution is 2.50. The zero-order valence-corrected chi connectivity index (χ0v) is 25.0. The second kappa shape index (κ2) is 11.6. The minimum Gasteiger partial charge on any atom is -0.379 e. The molecule has 2 atom stereocenters. The summed E-state index contributed by atoms with van der Waals surface area (Å²) >= 11 is 0. The molecule has 2 aliphatic rings. The average molecular weight is 668 g/mol. The maximum Gasteiger partial charge on any atom is 0.418 e. The number of aromatic nitrogens is 5. The molecule has 2 unspecified atom stereocenters. The maximum absolute atomic E-state index is 16.1. The van der Waals surface area contributed by atoms with Crippen LogP contribution < -0.4 is 9.80 Å². The summed E-state index contributed by atoms with van der Waals surface area (Å²) in [5.41, 5.74) is -1.06. The van der Waals surface area contributed by atoms with E-state index in [4.69, 9.17) is 0 Å². The molecule has 2 aliphatic heterocycles. The summed E-state index contributed by atoms with van der Waals surface area (Å²) in [5, 5.41) is 32.0. The number of fused-ring (bicyclic) bond motifs is 3. The van der Waals surface area contributed by atoms with Gasteiger partial charge in [-0.3, -0.25) is 4.98 Å². The summed E-state index contributed by atoms with van der Waals surface area (Å²) in [5.74, 6) is -4.61. The first kappa shape index (κ1) is 31.6. The van der Waals surface area contributed by atoms with Crippen molar-refractivity contribution in [3.8, 4) is 22.5 Å². The van der Waals surface area contributed by atoms with Crippen LogP contribution in [0.4, 0.5) is 37.7 Å². The van der Waals surface area contributed by atoms with Gasteiger partial charge >= 0.3 is 12.1 Å². The van der Waals surface area contributed by atoms with Crippen LogP contribution in [0.15, 0.2) is 85.1 Å². The van der Waals surface area contributed by atoms with Gasteiger partial charge in [0, 0.05) is 60.4 Å². The second-order valence-electron chi connectivity index (χ2n) is 11.8. The van der Waals surface area contributed by atoms with Crippen molar-refractivity contribution < 1.29 is 36.6 Å². The zero-order chi connectivity index (χ0) is 33.8. The van der Waals surface area contributed by atoms with Gasteiger partial charge in [-0.25, -0.2) is 9.07 Å². The lowest BCUT2D eigenvalue weighted by molar-refractivity contribution is -0.207. The van der Waals surface area contributed by atoms with Crippen molar-refractivity contribution >= 4 is 11.4 Å². The third-order valence-electron chi connectivity index (χ3n) is 8.91. The number of hydrogen-bond donors (Lipinski definition) is 2. The van der Waals surface area contributed by atoms with Crippen LogP contribution in [0.1, 0.15) is 22.9 Å². The van der Waals surface area contributed by atoms with Crippen LogP contribution in [0.3, 0.4) is 0 Å². The number of nitrogens with zero attached hydrogens (tertiary/aromatic N) is 7. The Bertz CT molecular complexity index is 1930. The van der Waals surface area contributed by atoms with Gasteiger partial charge in [-0.1, -0.05) is 30.3 Å². The number of halogens is 6. The van der Waals surface area contributed by atoms with E-state index in [1.165, 1.54) is 30.5 Å². The van der Waals surface area contributed by atoms with E-state index in [1.54, 1.807) is 12.1 Å². The van der Waals surface area contributed by atoms with Crippen molar-refractivity contribution in [2.75, 3.05) is 36.0 Å². The van der Waals surface area contributed by atoms with Gasteiger partial charge in [-0.15, -0.1) is 5.10 Å². The summed E-state index contributed by atoms with van der Waals surface area (Å²) in [6.07, 6.45) is -5.96. The fourth-order valence-electron chi connectivity index (χ4n) is 6.23. The molecule has 0 radical (unpaired) electrons. The molecule has 2 N–H and O–H groups in total. The van der Waals surface area contributed by atoms with Gasteiger partial charge < -0.3 is 20.0 Å². The fraction of sp³-hybridized carbons (Fsp3) is 0.273. The Kier molecular flexibility index (Phi) is 7.63. The van der Waals surface area contributed by atoms with Gasteiger partial charge in [0.1, 0.15) is 11.5 Å². The topological polar surface area (TPSA) is 103 Å². The van der Waals surface area contributed by atoms with Crippen LogP contribution in [0.2, 0.25) is 0 Å². The summed E-state index contributed by atoms with van der Waals surface area (Å²) in [6, 6.07) is 19.0. The average Bonchev–Trinajstić information content (AvgIpc) is 3.56. The predicted octanol–water partition coefficient (Wildman–Crippen LogP) is 5.46. The first-order valence-electron chi connectivity index (χ1n) is 14.9. The maximum atomic E-state index is 16.1. The van der Waals surface area contributed by atoms with Gasteiger partial charge in [0.15, 0.2) is 17.5 Å². The van der Waals surface area contributed by atoms with E-state index in [0.29, 0.717) is 31.7 Å². The summed E-state index contributed by atoms with van der Waals surface area (Å²) in [4.78, 5) is 8.22. The van der Waals surface area contributed by atoms with Gasteiger partial charge in [0.25, 0.3) is 0 Å². The molecule has 7 rings (SSSR count). The van der Waals surface area contributed by atoms with Gasteiger partial charge in [0.05, 0.1) is 6.54 Å². The largest absolute Gasteiger partial charge is 0.418 e. The molecule has 5 aromatic rings. The lowest BCUT2D eigenvalue weighted by Crippen LogP contribution is -2.49. The van der Waals surface area contributed by atoms with E-state index >= 15 is 8.78 Å². The van der Waals surface area contributed by atoms with Crippen molar-refractivity contribution in [3.63, 3.8) is 0 Å². The minimum atomic E-state index is -4.73. The predicted molar refractivity (Wildman–Crippen MR) is 163 cm³/mol. The highest BCUT2D eigenvalue weighted by molar-refractivity contribution is 5.67. The lowest BCUT2D eigenvalue weighted by atomic mass is 9.80. The van der Waals surface area contributed by atoms with Crippen LogP contribution in [0, 0.1) is 5.82 Å². The number of anilines is 2. The highest BCUT2D eigenvalue weighted by Gasteiger charge is 2.59. The molecule has 0 spiro atoms. The van der Waals surface area contributed by atoms with E-state index in [1.807, 2.05) is 24.3 Å².